The van der Waals surface area contributed by atoms with Crippen LogP contribution in [0.15, 0.2) is 48.6 Å². The van der Waals surface area contributed by atoms with Gasteiger partial charge in [-0.15, -0.1) is 0 Å². The van der Waals surface area contributed by atoms with Crippen LogP contribution < -0.4 is 0 Å². The third-order valence-electron chi connectivity index (χ3n) is 10.4. The average Bonchev–Trinajstić information content (AvgIpc) is 3.58. The minimum atomic E-state index is -0.453. The predicted octanol–water partition coefficient (Wildman–Crippen LogP) is 10.9. The van der Waals surface area contributed by atoms with Crippen LogP contribution in [0.2, 0.25) is 0 Å². The molecule has 0 amide bonds. The molecule has 2 heterocycles. The van der Waals surface area contributed by atoms with Crippen LogP contribution >= 0.6 is 0 Å². The molecular weight excluding hydrogens is 652 g/mol. The van der Waals surface area contributed by atoms with E-state index in [-0.39, 0.29) is 42.5 Å². The number of aliphatic hydroxyl groups excluding tert-OH is 1. The van der Waals surface area contributed by atoms with E-state index in [2.05, 4.69) is 54.0 Å². The van der Waals surface area contributed by atoms with Crippen molar-refractivity contribution in [2.24, 2.45) is 28.6 Å². The van der Waals surface area contributed by atoms with Crippen LogP contribution in [0, 0.1) is 28.6 Å². The van der Waals surface area contributed by atoms with Crippen molar-refractivity contribution in [2.45, 2.75) is 184 Å². The molecule has 300 valence electrons. The molecule has 0 aliphatic carbocycles. The van der Waals surface area contributed by atoms with Gasteiger partial charge in [0.25, 0.3) is 0 Å². The Morgan fingerprint density at radius 3 is 1.48 bits per heavy atom. The molecule has 2 fully saturated rings. The van der Waals surface area contributed by atoms with E-state index in [0.29, 0.717) is 31.0 Å². The van der Waals surface area contributed by atoms with Crippen LogP contribution in [0.3, 0.4) is 0 Å². The SMILES string of the molecule is C=C(C)[C@H](C)C[C@H](C)CC[C@@H]1O[C@@H](CCCOC(=O)C(C)(C)C)CC1=C.C=C(C)[C@H](C)C[C@H](O)CC[C@@H]1O[C@@H](CCCOC(=O)C(C)(C)C)CC1=C. The van der Waals surface area contributed by atoms with Crippen LogP contribution in [0.1, 0.15) is 153 Å². The van der Waals surface area contributed by atoms with Gasteiger partial charge in [0.1, 0.15) is 0 Å². The van der Waals surface area contributed by atoms with Gasteiger partial charge in [0.05, 0.1) is 54.6 Å². The zero-order chi connectivity index (χ0) is 39.8. The van der Waals surface area contributed by atoms with E-state index in [9.17, 15) is 14.7 Å². The third kappa shape index (κ3) is 19.2. The van der Waals surface area contributed by atoms with Crippen molar-refractivity contribution < 1.29 is 33.6 Å². The summed E-state index contributed by atoms with van der Waals surface area (Å²) in [6.45, 7) is 39.3. The second-order valence-corrected chi connectivity index (χ2v) is 18.2. The van der Waals surface area contributed by atoms with Gasteiger partial charge in [0.2, 0.25) is 0 Å². The Morgan fingerprint density at radius 1 is 0.712 bits per heavy atom. The number of hydrogen-bond donors (Lipinski definition) is 1. The number of aliphatic hydroxyl groups is 1. The maximum atomic E-state index is 11.8. The first-order chi connectivity index (χ1) is 24.0. The molecule has 2 aliphatic rings. The van der Waals surface area contributed by atoms with Crippen LogP contribution in [0.25, 0.3) is 0 Å². The van der Waals surface area contributed by atoms with E-state index >= 15 is 0 Å². The predicted molar refractivity (Wildman–Crippen MR) is 215 cm³/mol. The summed E-state index contributed by atoms with van der Waals surface area (Å²) < 4.78 is 22.9. The Hall–Kier alpha value is -2.22. The lowest BCUT2D eigenvalue weighted by Gasteiger charge is -2.20. The maximum absolute atomic E-state index is 11.8. The van der Waals surface area contributed by atoms with E-state index in [1.807, 2.05) is 48.5 Å². The highest BCUT2D eigenvalue weighted by Crippen LogP contribution is 2.33. The van der Waals surface area contributed by atoms with E-state index in [0.717, 1.165) is 81.8 Å². The highest BCUT2D eigenvalue weighted by atomic mass is 16.5. The molecule has 0 spiro atoms. The Kier molecular flexibility index (Phi) is 21.0. The summed E-state index contributed by atoms with van der Waals surface area (Å²) in [4.78, 5) is 23.5. The van der Waals surface area contributed by atoms with Crippen molar-refractivity contribution in [3.05, 3.63) is 48.6 Å². The van der Waals surface area contributed by atoms with Gasteiger partial charge in [-0.3, -0.25) is 9.59 Å². The quantitative estimate of drug-likeness (QED) is 0.0757. The van der Waals surface area contributed by atoms with E-state index in [1.54, 1.807) is 0 Å². The van der Waals surface area contributed by atoms with Crippen molar-refractivity contribution in [1.82, 2.24) is 0 Å². The number of carbonyl (C=O) groups excluding carboxylic acids is 2. The summed E-state index contributed by atoms with van der Waals surface area (Å²) in [5.41, 5.74) is 3.83. The summed E-state index contributed by atoms with van der Waals surface area (Å²) in [5, 5.41) is 10.2. The molecule has 1 N–H and O–H groups in total. The third-order valence-corrected chi connectivity index (χ3v) is 10.4. The molecule has 0 bridgehead atoms. The molecule has 7 heteroatoms. The van der Waals surface area contributed by atoms with Crippen LogP contribution in [0.4, 0.5) is 0 Å². The highest BCUT2D eigenvalue weighted by molar-refractivity contribution is 5.75. The number of ether oxygens (including phenoxy) is 4. The van der Waals surface area contributed by atoms with Gasteiger partial charge in [-0.25, -0.2) is 0 Å². The molecule has 2 rings (SSSR count). The number of rotatable bonds is 20. The minimum absolute atomic E-state index is 0.0342. The second kappa shape index (κ2) is 22.9. The van der Waals surface area contributed by atoms with Crippen LogP contribution in [-0.2, 0) is 28.5 Å². The summed E-state index contributed by atoms with van der Waals surface area (Å²) in [6.07, 6.45) is 11.2. The van der Waals surface area contributed by atoms with Crippen LogP contribution in [-0.4, -0.2) is 60.8 Å². The van der Waals surface area contributed by atoms with Crippen molar-refractivity contribution in [2.75, 3.05) is 13.2 Å². The lowest BCUT2D eigenvalue weighted by atomic mass is 9.88. The summed E-state index contributed by atoms with van der Waals surface area (Å²) in [6, 6.07) is 0. The van der Waals surface area contributed by atoms with Gasteiger partial charge < -0.3 is 24.1 Å². The number of allylic oxidation sites excluding steroid dienone is 2. The molecule has 0 saturated carbocycles. The van der Waals surface area contributed by atoms with Gasteiger partial charge in [0, 0.05) is 0 Å². The molecule has 0 aromatic rings. The fourth-order valence-corrected chi connectivity index (χ4v) is 6.30. The molecule has 2 saturated heterocycles. The van der Waals surface area contributed by atoms with Gasteiger partial charge in [-0.1, -0.05) is 58.2 Å². The van der Waals surface area contributed by atoms with Gasteiger partial charge in [0.15, 0.2) is 0 Å². The molecule has 0 aromatic carbocycles. The Labute approximate surface area is 319 Å². The minimum Gasteiger partial charge on any atom is -0.465 e. The fourth-order valence-electron chi connectivity index (χ4n) is 6.30. The normalized spacial score (nSPS) is 22.9. The second-order valence-electron chi connectivity index (χ2n) is 18.2. The van der Waals surface area contributed by atoms with E-state index in [4.69, 9.17) is 18.9 Å². The number of carbonyl (C=O) groups is 2. The first-order valence-electron chi connectivity index (χ1n) is 20.0. The lowest BCUT2D eigenvalue weighted by Crippen LogP contribution is -2.23. The zero-order valence-electron chi connectivity index (χ0n) is 35.2. The zero-order valence-corrected chi connectivity index (χ0v) is 35.2. The van der Waals surface area contributed by atoms with Crippen LogP contribution in [0.5, 0.6) is 0 Å². The summed E-state index contributed by atoms with van der Waals surface area (Å²) in [5.74, 6) is 1.30. The monoisotopic (exact) mass is 731 g/mol. The van der Waals surface area contributed by atoms with E-state index in [1.165, 1.54) is 17.6 Å². The summed E-state index contributed by atoms with van der Waals surface area (Å²) >= 11 is 0. The van der Waals surface area contributed by atoms with Gasteiger partial charge >= 0.3 is 11.9 Å². The van der Waals surface area contributed by atoms with Crippen molar-refractivity contribution in [3.63, 3.8) is 0 Å². The molecule has 52 heavy (non-hydrogen) atoms. The largest absolute Gasteiger partial charge is 0.465 e. The smallest absolute Gasteiger partial charge is 0.311 e. The molecular formula is C45H78O7. The van der Waals surface area contributed by atoms with Crippen molar-refractivity contribution in [3.8, 4) is 0 Å². The fraction of sp³-hybridized carbons (Fsp3) is 0.778. The first-order valence-corrected chi connectivity index (χ1v) is 20.0. The number of hydrogen-bond acceptors (Lipinski definition) is 7. The molecule has 8 atom stereocenters. The van der Waals surface area contributed by atoms with Crippen molar-refractivity contribution in [1.29, 1.82) is 0 Å². The van der Waals surface area contributed by atoms with Crippen molar-refractivity contribution >= 4 is 11.9 Å². The molecule has 2 aliphatic heterocycles. The standard InChI is InChI=1S/C23H40O3.C22H38O4/c1-16(2)18(4)14-17(3)11-12-21-19(5)15-20(26-21)10-9-13-25-22(24)23(6,7)8;1-15(2)16(3)13-18(23)10-11-20-17(4)14-19(26-20)9-8-12-25-21(24)22(5,6)7/h17-18,20-21H,1,5,9-15H2,2-4,6-8H3;16,18-20,23H,1,4,8-14H2,2-3,5-7H3/t17-,18-,20+,21+;16-,18-,19+,20+/m11/s1. The molecule has 0 radical (unpaired) electrons. The Morgan fingerprint density at radius 2 is 1.10 bits per heavy atom. The van der Waals surface area contributed by atoms with Gasteiger partial charge in [-0.2, -0.15) is 0 Å². The lowest BCUT2D eigenvalue weighted by molar-refractivity contribution is -0.154. The summed E-state index contributed by atoms with van der Waals surface area (Å²) in [7, 11) is 0. The van der Waals surface area contributed by atoms with E-state index < -0.39 is 10.8 Å². The Balaban J connectivity index is 0.000000520. The Bertz CT molecular complexity index is 1070. The molecule has 7 nitrogen and oxygen atoms in total. The maximum Gasteiger partial charge on any atom is 0.311 e. The average molecular weight is 731 g/mol. The molecule has 0 aromatic heterocycles. The topological polar surface area (TPSA) is 91.3 Å². The van der Waals surface area contributed by atoms with Gasteiger partial charge in [-0.05, 0) is 161 Å². The number of esters is 2. The molecule has 0 unspecified atom stereocenters. The first kappa shape index (κ1) is 47.8. The highest BCUT2D eigenvalue weighted by Gasteiger charge is 2.31.